The van der Waals surface area contributed by atoms with Crippen LogP contribution in [0.2, 0.25) is 0 Å². The molecule has 0 aliphatic carbocycles. The van der Waals surface area contributed by atoms with Gasteiger partial charge in [0, 0.05) is 12.1 Å². The first-order valence-electron chi connectivity index (χ1n) is 5.70. The van der Waals surface area contributed by atoms with Crippen LogP contribution in [0.5, 0.6) is 0 Å². The van der Waals surface area contributed by atoms with Crippen molar-refractivity contribution in [2.24, 2.45) is 5.92 Å². The zero-order valence-corrected chi connectivity index (χ0v) is 10.1. The summed E-state index contributed by atoms with van der Waals surface area (Å²) in [5.41, 5.74) is 0.0363. The van der Waals surface area contributed by atoms with E-state index in [9.17, 15) is 15.1 Å². The summed E-state index contributed by atoms with van der Waals surface area (Å²) >= 11 is 0. The van der Waals surface area contributed by atoms with E-state index in [4.69, 9.17) is 0 Å². The van der Waals surface area contributed by atoms with Gasteiger partial charge in [0.15, 0.2) is 6.20 Å². The molecular formula is C12H18N2O3. The molecule has 2 atom stereocenters. The van der Waals surface area contributed by atoms with Crippen molar-refractivity contribution in [2.45, 2.75) is 26.3 Å². The maximum absolute atomic E-state index is 11.8. The van der Waals surface area contributed by atoms with Crippen molar-refractivity contribution < 1.29 is 14.6 Å². The lowest BCUT2D eigenvalue weighted by Gasteiger charge is -2.21. The Morgan fingerprint density at radius 3 is 2.82 bits per heavy atom. The van der Waals surface area contributed by atoms with Crippen molar-refractivity contribution in [3.63, 3.8) is 0 Å². The third-order valence-electron chi connectivity index (χ3n) is 2.90. The van der Waals surface area contributed by atoms with E-state index in [2.05, 4.69) is 5.32 Å². The number of hydrogen-bond acceptors (Lipinski definition) is 3. The summed E-state index contributed by atoms with van der Waals surface area (Å²) in [6.45, 7) is 3.79. The first-order chi connectivity index (χ1) is 8.10. The SMILES string of the molecule is CC[C@H](C)[C@H](CO)NC(=O)c1cccc[n+]1[O-]. The molecule has 5 nitrogen and oxygen atoms in total. The standard InChI is InChI=1S/C12H18N2O3/c1-3-9(2)10(8-15)13-12(16)11-6-4-5-7-14(11)17/h4-7,9-10,15H,3,8H2,1-2H3,(H,13,16)/t9-,10-/m0/s1. The van der Waals surface area contributed by atoms with Crippen LogP contribution in [0.3, 0.4) is 0 Å². The van der Waals surface area contributed by atoms with E-state index < -0.39 is 5.91 Å². The zero-order valence-electron chi connectivity index (χ0n) is 10.1. The molecule has 0 aliphatic rings. The number of aromatic nitrogens is 1. The van der Waals surface area contributed by atoms with Crippen molar-refractivity contribution in [3.8, 4) is 0 Å². The number of rotatable bonds is 5. The number of nitrogens with one attached hydrogen (secondary N) is 1. The van der Waals surface area contributed by atoms with Gasteiger partial charge in [0.1, 0.15) is 0 Å². The van der Waals surface area contributed by atoms with Gasteiger partial charge in [0.25, 0.3) is 5.69 Å². The fourth-order valence-corrected chi connectivity index (χ4v) is 1.50. The van der Waals surface area contributed by atoms with Gasteiger partial charge in [-0.1, -0.05) is 20.3 Å². The van der Waals surface area contributed by atoms with Crippen LogP contribution in [-0.2, 0) is 0 Å². The fourth-order valence-electron chi connectivity index (χ4n) is 1.50. The van der Waals surface area contributed by atoms with Gasteiger partial charge in [-0.15, -0.1) is 0 Å². The van der Waals surface area contributed by atoms with Crippen LogP contribution in [0.15, 0.2) is 24.4 Å². The third kappa shape index (κ3) is 3.42. The highest BCUT2D eigenvalue weighted by Crippen LogP contribution is 2.07. The second-order valence-electron chi connectivity index (χ2n) is 4.06. The van der Waals surface area contributed by atoms with E-state index in [0.29, 0.717) is 4.73 Å². The van der Waals surface area contributed by atoms with Gasteiger partial charge in [-0.25, -0.2) is 0 Å². The van der Waals surface area contributed by atoms with E-state index >= 15 is 0 Å². The average molecular weight is 238 g/mol. The van der Waals surface area contributed by atoms with E-state index in [1.807, 2.05) is 13.8 Å². The van der Waals surface area contributed by atoms with Crippen molar-refractivity contribution in [1.29, 1.82) is 0 Å². The van der Waals surface area contributed by atoms with E-state index in [0.717, 1.165) is 6.42 Å². The van der Waals surface area contributed by atoms with Crippen molar-refractivity contribution >= 4 is 5.91 Å². The third-order valence-corrected chi connectivity index (χ3v) is 2.90. The summed E-state index contributed by atoms with van der Waals surface area (Å²) in [7, 11) is 0. The summed E-state index contributed by atoms with van der Waals surface area (Å²) in [5.74, 6) is -0.298. The van der Waals surface area contributed by atoms with Gasteiger partial charge in [-0.2, -0.15) is 4.73 Å². The largest absolute Gasteiger partial charge is 0.618 e. The van der Waals surface area contributed by atoms with Crippen LogP contribution >= 0.6 is 0 Å². The van der Waals surface area contributed by atoms with Crippen molar-refractivity contribution in [3.05, 3.63) is 35.3 Å². The minimum absolute atomic E-state index is 0.0363. The number of aliphatic hydroxyl groups is 1. The van der Waals surface area contributed by atoms with Crippen LogP contribution in [0.4, 0.5) is 0 Å². The van der Waals surface area contributed by atoms with Crippen LogP contribution in [0.1, 0.15) is 30.8 Å². The van der Waals surface area contributed by atoms with Crippen LogP contribution in [-0.4, -0.2) is 23.7 Å². The number of amides is 1. The number of hydrogen-bond donors (Lipinski definition) is 2. The monoisotopic (exact) mass is 238 g/mol. The number of pyridine rings is 1. The van der Waals surface area contributed by atoms with Gasteiger partial charge in [0.05, 0.1) is 12.6 Å². The summed E-state index contributed by atoms with van der Waals surface area (Å²) in [5, 5.41) is 23.2. The molecule has 0 radical (unpaired) electrons. The molecule has 0 unspecified atom stereocenters. The maximum atomic E-state index is 11.8. The molecule has 0 aromatic carbocycles. The molecule has 0 aliphatic heterocycles. The predicted octanol–water partition coefficient (Wildman–Crippen LogP) is 0.457. The summed E-state index contributed by atoms with van der Waals surface area (Å²) in [6, 6.07) is 4.31. The Morgan fingerprint density at radius 2 is 2.29 bits per heavy atom. The topological polar surface area (TPSA) is 76.3 Å². The minimum Gasteiger partial charge on any atom is -0.618 e. The van der Waals surface area contributed by atoms with Crippen LogP contribution < -0.4 is 10.0 Å². The molecule has 0 fully saturated rings. The quantitative estimate of drug-likeness (QED) is 0.578. The molecule has 0 saturated carbocycles. The first-order valence-corrected chi connectivity index (χ1v) is 5.70. The fraction of sp³-hybridized carbons (Fsp3) is 0.500. The zero-order chi connectivity index (χ0) is 12.8. The lowest BCUT2D eigenvalue weighted by molar-refractivity contribution is -0.607. The molecule has 0 saturated heterocycles. The molecule has 1 amide bonds. The molecule has 17 heavy (non-hydrogen) atoms. The molecule has 1 rings (SSSR count). The Labute approximate surface area is 101 Å². The molecule has 1 heterocycles. The van der Waals surface area contributed by atoms with Crippen LogP contribution in [0.25, 0.3) is 0 Å². The Balaban J connectivity index is 2.75. The van der Waals surface area contributed by atoms with Crippen molar-refractivity contribution in [1.82, 2.24) is 5.32 Å². The average Bonchev–Trinajstić information content (AvgIpc) is 2.35. The van der Waals surface area contributed by atoms with Crippen molar-refractivity contribution in [2.75, 3.05) is 6.61 Å². The normalized spacial score (nSPS) is 14.1. The van der Waals surface area contributed by atoms with Gasteiger partial charge in [-0.3, -0.25) is 4.79 Å². The molecule has 94 valence electrons. The summed E-state index contributed by atoms with van der Waals surface area (Å²) in [4.78, 5) is 11.8. The minimum atomic E-state index is -0.458. The maximum Gasteiger partial charge on any atom is 0.317 e. The molecule has 0 spiro atoms. The molecule has 1 aromatic heterocycles. The van der Waals surface area contributed by atoms with Gasteiger partial charge in [0.2, 0.25) is 0 Å². The van der Waals surface area contributed by atoms with Gasteiger partial charge >= 0.3 is 5.91 Å². The number of carbonyl (C=O) groups excluding carboxylic acids is 1. The van der Waals surface area contributed by atoms with E-state index in [1.165, 1.54) is 12.3 Å². The Bertz CT molecular complexity index is 382. The highest BCUT2D eigenvalue weighted by atomic mass is 16.5. The summed E-state index contributed by atoms with van der Waals surface area (Å²) in [6.07, 6.45) is 2.11. The molecule has 5 heteroatoms. The highest BCUT2D eigenvalue weighted by molar-refractivity contribution is 5.91. The van der Waals surface area contributed by atoms with Gasteiger partial charge < -0.3 is 15.6 Å². The Kier molecular flexibility index (Phi) is 4.90. The molecule has 0 bridgehead atoms. The van der Waals surface area contributed by atoms with Gasteiger partial charge in [-0.05, 0) is 12.0 Å². The smallest absolute Gasteiger partial charge is 0.317 e. The predicted molar refractivity (Wildman–Crippen MR) is 63.2 cm³/mol. The van der Waals surface area contributed by atoms with E-state index in [-0.39, 0.29) is 24.3 Å². The highest BCUT2D eigenvalue weighted by Gasteiger charge is 2.22. The first kappa shape index (κ1) is 13.4. The second-order valence-corrected chi connectivity index (χ2v) is 4.06. The lowest BCUT2D eigenvalue weighted by Crippen LogP contribution is -2.46. The summed E-state index contributed by atoms with van der Waals surface area (Å²) < 4.78 is 0.514. The second kappa shape index (κ2) is 6.20. The number of nitrogens with zero attached hydrogens (tertiary/aromatic N) is 1. The van der Waals surface area contributed by atoms with E-state index in [1.54, 1.807) is 12.1 Å². The number of carbonyl (C=O) groups is 1. The van der Waals surface area contributed by atoms with Crippen LogP contribution in [0, 0.1) is 11.1 Å². The Morgan fingerprint density at radius 1 is 1.59 bits per heavy atom. The Hall–Kier alpha value is -1.62. The molecule has 1 aromatic rings. The molecule has 2 N–H and O–H groups in total. The number of aliphatic hydroxyl groups excluding tert-OH is 1. The molecular weight excluding hydrogens is 220 g/mol. The lowest BCUT2D eigenvalue weighted by atomic mass is 10.00.